The molecule has 0 heterocycles. The quantitative estimate of drug-likeness (QED) is 0.806. The molecule has 1 aromatic rings. The second kappa shape index (κ2) is 7.56. The van der Waals surface area contributed by atoms with Crippen LogP contribution in [0.4, 0.5) is 5.69 Å². The number of thioether (sulfide) groups is 1. The van der Waals surface area contributed by atoms with Gasteiger partial charge in [0, 0.05) is 18.0 Å². The van der Waals surface area contributed by atoms with Gasteiger partial charge in [0.2, 0.25) is 5.91 Å². The molecule has 0 saturated heterocycles. The molecule has 0 unspecified atom stereocenters. The van der Waals surface area contributed by atoms with E-state index in [-0.39, 0.29) is 5.91 Å². The van der Waals surface area contributed by atoms with Gasteiger partial charge in [-0.2, -0.15) is 11.8 Å². The zero-order valence-electron chi connectivity index (χ0n) is 12.0. The van der Waals surface area contributed by atoms with Gasteiger partial charge in [0.05, 0.1) is 5.41 Å². The highest BCUT2D eigenvalue weighted by atomic mass is 32.2. The third-order valence-electron chi connectivity index (χ3n) is 3.75. The standard InChI is InChI=1S/C15H24N2OS/c1-4-15(5-2,11-16)14(18)17-13-8-6-12(7-9-13)10-19-3/h6-9H,4-5,10-11,16H2,1-3H3,(H,17,18). The highest BCUT2D eigenvalue weighted by molar-refractivity contribution is 7.97. The molecule has 0 saturated carbocycles. The topological polar surface area (TPSA) is 55.1 Å². The van der Waals surface area contributed by atoms with Crippen molar-refractivity contribution in [1.82, 2.24) is 0 Å². The van der Waals surface area contributed by atoms with Gasteiger partial charge in [-0.3, -0.25) is 4.79 Å². The van der Waals surface area contributed by atoms with E-state index in [1.54, 1.807) is 11.8 Å². The fourth-order valence-electron chi connectivity index (χ4n) is 2.07. The number of hydrogen-bond acceptors (Lipinski definition) is 3. The van der Waals surface area contributed by atoms with Gasteiger partial charge in [-0.1, -0.05) is 26.0 Å². The van der Waals surface area contributed by atoms with Gasteiger partial charge in [0.1, 0.15) is 0 Å². The number of nitrogens with two attached hydrogens (primary N) is 1. The summed E-state index contributed by atoms with van der Waals surface area (Å²) in [7, 11) is 0. The Morgan fingerprint density at radius 1 is 1.26 bits per heavy atom. The molecule has 0 aliphatic rings. The van der Waals surface area contributed by atoms with Crippen molar-refractivity contribution >= 4 is 23.4 Å². The van der Waals surface area contributed by atoms with Crippen LogP contribution in [0.2, 0.25) is 0 Å². The fraction of sp³-hybridized carbons (Fsp3) is 0.533. The predicted octanol–water partition coefficient (Wildman–Crippen LogP) is 3.25. The van der Waals surface area contributed by atoms with E-state index in [1.165, 1.54) is 5.56 Å². The lowest BCUT2D eigenvalue weighted by Gasteiger charge is -2.28. The summed E-state index contributed by atoms with van der Waals surface area (Å²) in [5.74, 6) is 1.02. The largest absolute Gasteiger partial charge is 0.329 e. The summed E-state index contributed by atoms with van der Waals surface area (Å²) in [6, 6.07) is 8.01. The second-order valence-electron chi connectivity index (χ2n) is 4.78. The molecular formula is C15H24N2OS. The number of amides is 1. The molecule has 1 rings (SSSR count). The molecule has 106 valence electrons. The van der Waals surface area contributed by atoms with Crippen LogP contribution >= 0.6 is 11.8 Å². The molecule has 19 heavy (non-hydrogen) atoms. The minimum atomic E-state index is -0.446. The summed E-state index contributed by atoms with van der Waals surface area (Å²) in [4.78, 5) is 12.3. The van der Waals surface area contributed by atoms with Crippen LogP contribution in [0.3, 0.4) is 0 Å². The molecule has 4 heteroatoms. The van der Waals surface area contributed by atoms with Crippen LogP contribution in [0.25, 0.3) is 0 Å². The van der Waals surface area contributed by atoms with Crippen molar-refractivity contribution in [1.29, 1.82) is 0 Å². The summed E-state index contributed by atoms with van der Waals surface area (Å²) in [5, 5.41) is 2.98. The van der Waals surface area contributed by atoms with Crippen molar-refractivity contribution in [2.75, 3.05) is 18.1 Å². The summed E-state index contributed by atoms with van der Waals surface area (Å²) in [5.41, 5.74) is 7.44. The van der Waals surface area contributed by atoms with Crippen molar-refractivity contribution < 1.29 is 4.79 Å². The number of rotatable bonds is 7. The van der Waals surface area contributed by atoms with Crippen LogP contribution < -0.4 is 11.1 Å². The van der Waals surface area contributed by atoms with Gasteiger partial charge >= 0.3 is 0 Å². The second-order valence-corrected chi connectivity index (χ2v) is 5.64. The number of anilines is 1. The van der Waals surface area contributed by atoms with Gasteiger partial charge in [0.25, 0.3) is 0 Å². The number of benzene rings is 1. The van der Waals surface area contributed by atoms with E-state index in [9.17, 15) is 4.79 Å². The van der Waals surface area contributed by atoms with Crippen molar-refractivity contribution in [2.45, 2.75) is 32.4 Å². The van der Waals surface area contributed by atoms with E-state index in [1.807, 2.05) is 38.1 Å². The number of hydrogen-bond donors (Lipinski definition) is 2. The molecule has 3 N–H and O–H groups in total. The van der Waals surface area contributed by atoms with Crippen LogP contribution in [0.15, 0.2) is 24.3 Å². The van der Waals surface area contributed by atoms with Gasteiger partial charge < -0.3 is 11.1 Å². The fourth-order valence-corrected chi connectivity index (χ4v) is 2.59. The van der Waals surface area contributed by atoms with E-state index in [2.05, 4.69) is 11.6 Å². The lowest BCUT2D eigenvalue weighted by molar-refractivity contribution is -0.125. The van der Waals surface area contributed by atoms with Gasteiger partial charge in [-0.15, -0.1) is 0 Å². The van der Waals surface area contributed by atoms with Crippen LogP contribution in [0, 0.1) is 5.41 Å². The number of nitrogens with one attached hydrogen (secondary N) is 1. The minimum Gasteiger partial charge on any atom is -0.329 e. The number of carbonyl (C=O) groups excluding carboxylic acids is 1. The Balaban J connectivity index is 2.75. The Morgan fingerprint density at radius 3 is 2.26 bits per heavy atom. The third-order valence-corrected chi connectivity index (χ3v) is 4.37. The maximum Gasteiger partial charge on any atom is 0.231 e. The smallest absolute Gasteiger partial charge is 0.231 e. The highest BCUT2D eigenvalue weighted by Crippen LogP contribution is 2.27. The van der Waals surface area contributed by atoms with Crippen LogP contribution in [-0.2, 0) is 10.5 Å². The summed E-state index contributed by atoms with van der Waals surface area (Å²) < 4.78 is 0. The molecule has 3 nitrogen and oxygen atoms in total. The normalized spacial score (nSPS) is 11.4. The first kappa shape index (κ1) is 16.1. The molecule has 0 radical (unpaired) electrons. The Hall–Kier alpha value is -1.00. The van der Waals surface area contributed by atoms with Crippen LogP contribution in [-0.4, -0.2) is 18.7 Å². The SMILES string of the molecule is CCC(CC)(CN)C(=O)Nc1ccc(CSC)cc1. The molecule has 0 aromatic heterocycles. The molecular weight excluding hydrogens is 256 g/mol. The monoisotopic (exact) mass is 280 g/mol. The summed E-state index contributed by atoms with van der Waals surface area (Å²) in [6.07, 6.45) is 3.60. The highest BCUT2D eigenvalue weighted by Gasteiger charge is 2.33. The van der Waals surface area contributed by atoms with E-state index in [0.29, 0.717) is 6.54 Å². The average Bonchev–Trinajstić information content (AvgIpc) is 2.44. The van der Waals surface area contributed by atoms with E-state index < -0.39 is 5.41 Å². The molecule has 1 amide bonds. The first-order chi connectivity index (χ1) is 9.11. The predicted molar refractivity (Wildman–Crippen MR) is 84.4 cm³/mol. The zero-order valence-corrected chi connectivity index (χ0v) is 12.8. The first-order valence-electron chi connectivity index (χ1n) is 6.71. The van der Waals surface area contributed by atoms with Crippen LogP contribution in [0.1, 0.15) is 32.3 Å². The van der Waals surface area contributed by atoms with Crippen LogP contribution in [0.5, 0.6) is 0 Å². The third kappa shape index (κ3) is 3.98. The molecule has 1 aromatic carbocycles. The Bertz CT molecular complexity index is 391. The Kier molecular flexibility index (Phi) is 6.38. The maximum absolute atomic E-state index is 12.3. The maximum atomic E-state index is 12.3. The molecule has 0 fully saturated rings. The van der Waals surface area contributed by atoms with Gasteiger partial charge in [-0.05, 0) is 36.8 Å². The molecule has 0 bridgehead atoms. The summed E-state index contributed by atoms with van der Waals surface area (Å²) in [6.45, 7) is 4.41. The van der Waals surface area contributed by atoms with E-state index in [4.69, 9.17) is 5.73 Å². The molecule has 0 aliphatic heterocycles. The Labute approximate surface area is 120 Å². The molecule has 0 aliphatic carbocycles. The van der Waals surface area contributed by atoms with E-state index in [0.717, 1.165) is 24.3 Å². The lowest BCUT2D eigenvalue weighted by atomic mass is 9.81. The average molecular weight is 280 g/mol. The zero-order chi connectivity index (χ0) is 14.3. The Morgan fingerprint density at radius 2 is 1.84 bits per heavy atom. The van der Waals surface area contributed by atoms with Crippen molar-refractivity contribution in [3.8, 4) is 0 Å². The summed E-state index contributed by atoms with van der Waals surface area (Å²) >= 11 is 1.79. The van der Waals surface area contributed by atoms with Gasteiger partial charge in [0.15, 0.2) is 0 Å². The minimum absolute atomic E-state index is 0.0256. The lowest BCUT2D eigenvalue weighted by Crippen LogP contribution is -2.41. The van der Waals surface area contributed by atoms with Gasteiger partial charge in [-0.25, -0.2) is 0 Å². The van der Waals surface area contributed by atoms with Crippen molar-refractivity contribution in [2.24, 2.45) is 11.1 Å². The van der Waals surface area contributed by atoms with Crippen molar-refractivity contribution in [3.63, 3.8) is 0 Å². The number of carbonyl (C=O) groups is 1. The molecule has 0 spiro atoms. The molecule has 0 atom stereocenters. The van der Waals surface area contributed by atoms with Crippen molar-refractivity contribution in [3.05, 3.63) is 29.8 Å². The first-order valence-corrected chi connectivity index (χ1v) is 8.10. The van der Waals surface area contributed by atoms with E-state index >= 15 is 0 Å².